The molecule has 1 atom stereocenters. The molecule has 1 amide bonds. The minimum absolute atomic E-state index is 0.0228. The maximum absolute atomic E-state index is 11.3. The number of hydrazine groups is 1. The lowest BCUT2D eigenvalue weighted by molar-refractivity contribution is -0.119. The van der Waals surface area contributed by atoms with E-state index in [0.717, 1.165) is 0 Å². The van der Waals surface area contributed by atoms with E-state index in [0.29, 0.717) is 23.7 Å². The van der Waals surface area contributed by atoms with E-state index in [1.807, 2.05) is 0 Å². The quantitative estimate of drug-likeness (QED) is 0.830. The lowest BCUT2D eigenvalue weighted by atomic mass is 10.1. The highest BCUT2D eigenvalue weighted by Crippen LogP contribution is 2.26. The van der Waals surface area contributed by atoms with Gasteiger partial charge in [0.15, 0.2) is 5.82 Å². The topological polar surface area (TPSA) is 45.2 Å². The normalized spacial score (nSPS) is 20.5. The molecular formula is C10H11ClN3O. The number of hydrogen-bond donors (Lipinski definition) is 1. The summed E-state index contributed by atoms with van der Waals surface area (Å²) in [6.45, 7) is 3.80. The number of anilines is 1. The van der Waals surface area contributed by atoms with Crippen LogP contribution in [0.5, 0.6) is 0 Å². The van der Waals surface area contributed by atoms with Crippen LogP contribution in [0.3, 0.4) is 0 Å². The van der Waals surface area contributed by atoms with Crippen LogP contribution in [-0.4, -0.2) is 16.9 Å². The van der Waals surface area contributed by atoms with Gasteiger partial charge in [-0.2, -0.15) is 0 Å². The van der Waals surface area contributed by atoms with E-state index in [2.05, 4.69) is 17.3 Å². The highest BCUT2D eigenvalue weighted by Gasteiger charge is 2.30. The zero-order valence-electron chi connectivity index (χ0n) is 8.11. The molecule has 2 heterocycles. The molecule has 2 rings (SSSR count). The number of nitrogens with one attached hydrogen (secondary N) is 1. The van der Waals surface area contributed by atoms with Crippen molar-refractivity contribution in [2.45, 2.75) is 18.9 Å². The molecule has 0 saturated carbocycles. The van der Waals surface area contributed by atoms with Gasteiger partial charge in [-0.1, -0.05) is 18.5 Å². The Morgan fingerprint density at radius 1 is 1.73 bits per heavy atom. The van der Waals surface area contributed by atoms with Gasteiger partial charge in [0.25, 0.3) is 0 Å². The van der Waals surface area contributed by atoms with Crippen LogP contribution in [0.1, 0.15) is 12.8 Å². The molecule has 1 fully saturated rings. The summed E-state index contributed by atoms with van der Waals surface area (Å²) in [5.41, 5.74) is 2.72. The average molecular weight is 225 g/mol. The van der Waals surface area contributed by atoms with Gasteiger partial charge in [0.1, 0.15) is 0 Å². The zero-order valence-corrected chi connectivity index (χ0v) is 8.87. The fourth-order valence-electron chi connectivity index (χ4n) is 1.59. The van der Waals surface area contributed by atoms with Crippen molar-refractivity contribution in [3.63, 3.8) is 0 Å². The van der Waals surface area contributed by atoms with Crippen molar-refractivity contribution in [3.05, 3.63) is 30.3 Å². The first-order valence-electron chi connectivity index (χ1n) is 4.71. The number of nitrogens with zero attached hydrogens (tertiary/aromatic N) is 2. The van der Waals surface area contributed by atoms with Gasteiger partial charge in [-0.15, -0.1) is 0 Å². The molecular weight excluding hydrogens is 214 g/mol. The van der Waals surface area contributed by atoms with E-state index in [-0.39, 0.29) is 11.9 Å². The van der Waals surface area contributed by atoms with Crippen LogP contribution in [0.15, 0.2) is 18.3 Å². The lowest BCUT2D eigenvalue weighted by Gasteiger charge is -2.23. The van der Waals surface area contributed by atoms with Crippen LogP contribution in [-0.2, 0) is 4.79 Å². The minimum Gasteiger partial charge on any atom is -0.273 e. The van der Waals surface area contributed by atoms with Gasteiger partial charge >= 0.3 is 0 Å². The number of hydrogen-bond acceptors (Lipinski definition) is 3. The molecule has 15 heavy (non-hydrogen) atoms. The highest BCUT2D eigenvalue weighted by molar-refractivity contribution is 6.33. The van der Waals surface area contributed by atoms with E-state index in [4.69, 9.17) is 11.6 Å². The number of rotatable bonds is 2. The molecule has 1 radical (unpaired) electrons. The van der Waals surface area contributed by atoms with Crippen LogP contribution in [0.25, 0.3) is 0 Å². The summed E-state index contributed by atoms with van der Waals surface area (Å²) in [5.74, 6) is 0.559. The zero-order chi connectivity index (χ0) is 10.8. The Bertz CT molecular complexity index is 383. The van der Waals surface area contributed by atoms with Crippen molar-refractivity contribution in [3.8, 4) is 0 Å². The Morgan fingerprint density at radius 3 is 3.20 bits per heavy atom. The Morgan fingerprint density at radius 2 is 2.53 bits per heavy atom. The highest BCUT2D eigenvalue weighted by atomic mass is 35.5. The fraction of sp³-hybridized carbons (Fsp3) is 0.300. The molecule has 79 valence electrons. The Labute approximate surface area is 93.2 Å². The first-order valence-corrected chi connectivity index (χ1v) is 5.08. The lowest BCUT2D eigenvalue weighted by Crippen LogP contribution is -2.39. The van der Waals surface area contributed by atoms with Gasteiger partial charge < -0.3 is 0 Å². The predicted molar refractivity (Wildman–Crippen MR) is 58.2 cm³/mol. The smallest absolute Gasteiger partial charge is 0.240 e. The molecule has 1 aliphatic rings. The number of halogens is 1. The van der Waals surface area contributed by atoms with E-state index >= 15 is 0 Å². The second kappa shape index (κ2) is 4.06. The second-order valence-electron chi connectivity index (χ2n) is 3.36. The predicted octanol–water partition coefficient (Wildman–Crippen LogP) is 1.57. The number of pyridine rings is 1. The monoisotopic (exact) mass is 224 g/mol. The van der Waals surface area contributed by atoms with Crippen LogP contribution in [0, 0.1) is 6.92 Å². The molecule has 1 aromatic rings. The number of aromatic nitrogens is 1. The molecule has 4 nitrogen and oxygen atoms in total. The summed E-state index contributed by atoms with van der Waals surface area (Å²) in [6, 6.07) is 3.53. The molecule has 0 aliphatic carbocycles. The molecule has 0 aromatic carbocycles. The maximum atomic E-state index is 11.3. The summed E-state index contributed by atoms with van der Waals surface area (Å²) in [4.78, 5) is 15.4. The summed E-state index contributed by atoms with van der Waals surface area (Å²) in [5, 5.41) is 2.22. The summed E-state index contributed by atoms with van der Waals surface area (Å²) < 4.78 is 0. The van der Waals surface area contributed by atoms with E-state index in [1.54, 1.807) is 23.3 Å². The fourth-order valence-corrected chi connectivity index (χ4v) is 1.80. The Kier molecular flexibility index (Phi) is 2.77. The SMILES string of the molecule is [CH2]CC1CC(=O)NN1c1ncccc1Cl. The van der Waals surface area contributed by atoms with Crippen molar-refractivity contribution in [1.82, 2.24) is 10.4 Å². The van der Waals surface area contributed by atoms with Gasteiger partial charge in [0, 0.05) is 6.20 Å². The number of carbonyl (C=O) groups is 1. The van der Waals surface area contributed by atoms with Gasteiger partial charge in [-0.05, 0) is 18.6 Å². The van der Waals surface area contributed by atoms with Crippen LogP contribution >= 0.6 is 11.6 Å². The third-order valence-corrected chi connectivity index (χ3v) is 2.63. The molecule has 1 aromatic heterocycles. The summed E-state index contributed by atoms with van der Waals surface area (Å²) >= 11 is 6.00. The standard InChI is InChI=1S/C10H11ClN3O/c1-2-7-6-9(15)13-14(7)10-8(11)4-3-5-12-10/h3-5,7H,1-2,6H2,(H,13,15). The van der Waals surface area contributed by atoms with Crippen molar-refractivity contribution >= 4 is 23.3 Å². The number of amides is 1. The van der Waals surface area contributed by atoms with E-state index in [9.17, 15) is 4.79 Å². The average Bonchev–Trinajstić information content (AvgIpc) is 2.60. The number of carbonyl (C=O) groups excluding carboxylic acids is 1. The first kappa shape index (κ1) is 10.2. The van der Waals surface area contributed by atoms with Crippen molar-refractivity contribution in [2.75, 3.05) is 5.01 Å². The maximum Gasteiger partial charge on any atom is 0.240 e. The Hall–Kier alpha value is -1.29. The summed E-state index contributed by atoms with van der Waals surface area (Å²) in [6.07, 6.45) is 2.72. The van der Waals surface area contributed by atoms with Gasteiger partial charge in [0.05, 0.1) is 17.5 Å². The molecule has 0 bridgehead atoms. The molecule has 0 spiro atoms. The molecule has 1 aliphatic heterocycles. The first-order chi connectivity index (χ1) is 7.22. The second-order valence-corrected chi connectivity index (χ2v) is 3.77. The molecule has 1 saturated heterocycles. The van der Waals surface area contributed by atoms with Crippen LogP contribution < -0.4 is 10.4 Å². The third kappa shape index (κ3) is 1.90. The minimum atomic E-state index is -0.0228. The Balaban J connectivity index is 2.30. The third-order valence-electron chi connectivity index (χ3n) is 2.33. The molecule has 5 heteroatoms. The molecule has 1 unspecified atom stereocenters. The van der Waals surface area contributed by atoms with Crippen LogP contribution in [0.4, 0.5) is 5.82 Å². The van der Waals surface area contributed by atoms with E-state index in [1.165, 1.54) is 0 Å². The van der Waals surface area contributed by atoms with Gasteiger partial charge in [0.2, 0.25) is 5.91 Å². The van der Waals surface area contributed by atoms with Crippen LogP contribution in [0.2, 0.25) is 5.02 Å². The van der Waals surface area contributed by atoms with Crippen molar-refractivity contribution < 1.29 is 4.79 Å². The van der Waals surface area contributed by atoms with Gasteiger partial charge in [-0.3, -0.25) is 15.2 Å². The van der Waals surface area contributed by atoms with Crippen molar-refractivity contribution in [2.24, 2.45) is 0 Å². The largest absolute Gasteiger partial charge is 0.273 e. The molecule has 1 N–H and O–H groups in total. The summed E-state index contributed by atoms with van der Waals surface area (Å²) in [7, 11) is 0. The van der Waals surface area contributed by atoms with E-state index < -0.39 is 0 Å². The van der Waals surface area contributed by atoms with Gasteiger partial charge in [-0.25, -0.2) is 4.98 Å². The van der Waals surface area contributed by atoms with Crippen molar-refractivity contribution in [1.29, 1.82) is 0 Å².